The Balaban J connectivity index is 1.98. The van der Waals surface area contributed by atoms with Crippen LogP contribution in [0.25, 0.3) is 10.4 Å². The molecule has 2 amide bonds. The third-order valence-corrected chi connectivity index (χ3v) is 7.34. The van der Waals surface area contributed by atoms with Gasteiger partial charge in [-0.2, -0.15) is 0 Å². The first-order valence-electron chi connectivity index (χ1n) is 11.9. The molecular formula is C25H37N5O3S. The maximum atomic E-state index is 13.5. The van der Waals surface area contributed by atoms with Gasteiger partial charge < -0.3 is 20.6 Å². The average molecular weight is 488 g/mol. The number of carbonyl (C=O) groups excluding carboxylic acids is 2. The Bertz CT molecular complexity index is 1040. The van der Waals surface area contributed by atoms with Crippen LogP contribution in [0.1, 0.15) is 80.2 Å². The number of carbonyl (C=O) groups is 2. The van der Waals surface area contributed by atoms with Crippen LogP contribution in [-0.4, -0.2) is 62.6 Å². The van der Waals surface area contributed by atoms with Crippen molar-refractivity contribution in [1.82, 2.24) is 20.2 Å². The Morgan fingerprint density at radius 1 is 1.32 bits per heavy atom. The van der Waals surface area contributed by atoms with Crippen molar-refractivity contribution in [2.45, 2.75) is 79.0 Å². The van der Waals surface area contributed by atoms with Crippen molar-refractivity contribution >= 4 is 29.0 Å². The molecule has 2 atom stereocenters. The van der Waals surface area contributed by atoms with Crippen LogP contribution in [0, 0.1) is 12.8 Å². The highest BCUT2D eigenvalue weighted by molar-refractivity contribution is 7.17. The molecule has 8 nitrogen and oxygen atoms in total. The topological polar surface area (TPSA) is 107 Å². The van der Waals surface area contributed by atoms with Gasteiger partial charge in [0.25, 0.3) is 11.8 Å². The molecule has 1 aliphatic rings. The maximum Gasteiger partial charge on any atom is 0.280 e. The summed E-state index contributed by atoms with van der Waals surface area (Å²) in [6.45, 7) is 14.4. The van der Waals surface area contributed by atoms with Crippen molar-refractivity contribution in [2.75, 3.05) is 18.4 Å². The lowest BCUT2D eigenvalue weighted by atomic mass is 10.1. The number of hydrogen-bond acceptors (Lipinski definition) is 7. The minimum atomic E-state index is -1.05. The number of aromatic nitrogens is 2. The lowest BCUT2D eigenvalue weighted by Crippen LogP contribution is -2.38. The molecule has 3 heterocycles. The Hall–Kier alpha value is -2.52. The number of amides is 2. The second-order valence-electron chi connectivity index (χ2n) is 10.2. The highest BCUT2D eigenvalue weighted by atomic mass is 32.1. The number of pyridine rings is 1. The van der Waals surface area contributed by atoms with Gasteiger partial charge in [0, 0.05) is 36.9 Å². The Kier molecular flexibility index (Phi) is 7.98. The van der Waals surface area contributed by atoms with E-state index >= 15 is 0 Å². The first-order valence-corrected chi connectivity index (χ1v) is 12.7. The van der Waals surface area contributed by atoms with Crippen LogP contribution in [0.3, 0.4) is 0 Å². The second-order valence-corrected chi connectivity index (χ2v) is 11.2. The number of nitrogens with one attached hydrogen (secondary N) is 2. The average Bonchev–Trinajstić information content (AvgIpc) is 3.37. The van der Waals surface area contributed by atoms with Gasteiger partial charge in [0.2, 0.25) is 0 Å². The molecule has 1 saturated heterocycles. The van der Waals surface area contributed by atoms with Crippen LogP contribution in [0.2, 0.25) is 0 Å². The molecule has 186 valence electrons. The van der Waals surface area contributed by atoms with Gasteiger partial charge in [0.15, 0.2) is 5.01 Å². The molecule has 9 heteroatoms. The Morgan fingerprint density at radius 3 is 2.59 bits per heavy atom. The largest absolute Gasteiger partial charge is 0.389 e. The smallest absolute Gasteiger partial charge is 0.280 e. The Labute approximate surface area is 206 Å². The van der Waals surface area contributed by atoms with Crippen molar-refractivity contribution in [1.29, 1.82) is 0 Å². The van der Waals surface area contributed by atoms with Gasteiger partial charge in [0.05, 0.1) is 10.5 Å². The summed E-state index contributed by atoms with van der Waals surface area (Å²) in [5, 5.41) is 16.3. The first kappa shape index (κ1) is 26.1. The molecule has 0 radical (unpaired) electrons. The third kappa shape index (κ3) is 6.13. The Morgan fingerprint density at radius 2 is 2.03 bits per heavy atom. The van der Waals surface area contributed by atoms with Crippen LogP contribution in [0.4, 0.5) is 5.82 Å². The van der Waals surface area contributed by atoms with E-state index in [1.165, 1.54) is 11.3 Å². The number of aliphatic hydroxyl groups is 1. The second kappa shape index (κ2) is 10.4. The van der Waals surface area contributed by atoms with Crippen molar-refractivity contribution in [2.24, 2.45) is 5.92 Å². The zero-order valence-corrected chi connectivity index (χ0v) is 22.0. The van der Waals surface area contributed by atoms with Crippen LogP contribution in [0.5, 0.6) is 0 Å². The van der Waals surface area contributed by atoms with E-state index in [4.69, 9.17) is 0 Å². The molecule has 0 saturated carbocycles. The van der Waals surface area contributed by atoms with E-state index in [1.54, 1.807) is 20.0 Å². The third-order valence-electron chi connectivity index (χ3n) is 6.25. The molecule has 3 N–H and O–H groups in total. The zero-order chi connectivity index (χ0) is 25.2. The molecule has 3 rings (SSSR count). The fourth-order valence-electron chi connectivity index (χ4n) is 3.76. The van der Waals surface area contributed by atoms with Gasteiger partial charge in [-0.3, -0.25) is 9.59 Å². The molecule has 2 aromatic rings. The van der Waals surface area contributed by atoms with Crippen LogP contribution in [0.15, 0.2) is 12.3 Å². The predicted molar refractivity (Wildman–Crippen MR) is 136 cm³/mol. The molecule has 1 fully saturated rings. The van der Waals surface area contributed by atoms with E-state index in [1.807, 2.05) is 24.8 Å². The fraction of sp³-hybridized carbons (Fsp3) is 0.600. The van der Waals surface area contributed by atoms with Gasteiger partial charge in [-0.05, 0) is 65.0 Å². The van der Waals surface area contributed by atoms with Gasteiger partial charge in [-0.1, -0.05) is 13.8 Å². The monoisotopic (exact) mass is 487 g/mol. The van der Waals surface area contributed by atoms with E-state index in [0.29, 0.717) is 17.3 Å². The molecule has 2 aromatic heterocycles. The van der Waals surface area contributed by atoms with Crippen LogP contribution >= 0.6 is 11.3 Å². The van der Waals surface area contributed by atoms with Crippen molar-refractivity contribution in [3.63, 3.8) is 0 Å². The summed E-state index contributed by atoms with van der Waals surface area (Å²) >= 11 is 1.19. The lowest BCUT2D eigenvalue weighted by molar-refractivity contribution is 0.0692. The number of thiazole rings is 1. The van der Waals surface area contributed by atoms with Crippen LogP contribution < -0.4 is 10.6 Å². The summed E-state index contributed by atoms with van der Waals surface area (Å²) in [4.78, 5) is 37.8. The minimum absolute atomic E-state index is 0.0855. The first-order chi connectivity index (χ1) is 15.9. The predicted octanol–water partition coefficient (Wildman–Crippen LogP) is 4.10. The number of nitrogens with zero attached hydrogens (tertiary/aromatic N) is 3. The van der Waals surface area contributed by atoms with Gasteiger partial charge in [-0.25, -0.2) is 9.97 Å². The minimum Gasteiger partial charge on any atom is -0.389 e. The quantitative estimate of drug-likeness (QED) is 0.518. The van der Waals surface area contributed by atoms with E-state index in [2.05, 4.69) is 41.4 Å². The van der Waals surface area contributed by atoms with Crippen molar-refractivity contribution in [3.05, 3.63) is 28.5 Å². The van der Waals surface area contributed by atoms with Crippen molar-refractivity contribution < 1.29 is 14.7 Å². The van der Waals surface area contributed by atoms with E-state index in [9.17, 15) is 14.7 Å². The summed E-state index contributed by atoms with van der Waals surface area (Å²) in [5.41, 5.74) is 0.977. The molecule has 1 aliphatic heterocycles. The van der Waals surface area contributed by atoms with E-state index < -0.39 is 11.5 Å². The van der Waals surface area contributed by atoms with Crippen LogP contribution in [-0.2, 0) is 0 Å². The zero-order valence-electron chi connectivity index (χ0n) is 21.2. The normalized spacial score (nSPS) is 17.2. The van der Waals surface area contributed by atoms with Gasteiger partial charge in [0.1, 0.15) is 11.5 Å². The fourth-order valence-corrected chi connectivity index (χ4v) is 4.81. The molecule has 0 unspecified atom stereocenters. The molecule has 0 bridgehead atoms. The van der Waals surface area contributed by atoms with E-state index in [0.717, 1.165) is 29.8 Å². The summed E-state index contributed by atoms with van der Waals surface area (Å²) in [7, 11) is 0. The molecule has 34 heavy (non-hydrogen) atoms. The van der Waals surface area contributed by atoms with Crippen molar-refractivity contribution in [3.8, 4) is 10.4 Å². The number of likely N-dealkylation sites (tertiary alicyclic amines) is 1. The number of hydrogen-bond donors (Lipinski definition) is 3. The van der Waals surface area contributed by atoms with Gasteiger partial charge in [-0.15, -0.1) is 11.3 Å². The summed E-state index contributed by atoms with van der Waals surface area (Å²) in [6, 6.07) is 2.37. The SMILES string of the molecule is Cc1cc(N[C@H](C)C(C)C)ncc1-c1sc(C(=O)NCC(C)(C)O)nc1C(=O)N1CCC[C@@H]1C. The van der Waals surface area contributed by atoms with E-state index in [-0.39, 0.29) is 35.2 Å². The standard InChI is InChI=1S/C25H37N5O3S/c1-14(2)17(5)28-19-11-15(3)18(12-26-19)21-20(24(32)30-10-8-9-16(30)4)29-23(34-21)22(31)27-13-25(6,7)33/h11-12,14,16-17,33H,8-10,13H2,1-7H3,(H,26,28)(H,27,31)/t16-,17+/m0/s1. The number of anilines is 1. The van der Waals surface area contributed by atoms with Gasteiger partial charge >= 0.3 is 0 Å². The molecule has 0 aromatic carbocycles. The number of aryl methyl sites for hydroxylation is 1. The molecule has 0 aliphatic carbocycles. The number of rotatable bonds is 8. The summed E-state index contributed by atoms with van der Waals surface area (Å²) < 4.78 is 0. The summed E-state index contributed by atoms with van der Waals surface area (Å²) in [6.07, 6.45) is 3.67. The maximum absolute atomic E-state index is 13.5. The highest BCUT2D eigenvalue weighted by Crippen LogP contribution is 2.35. The molecule has 0 spiro atoms. The highest BCUT2D eigenvalue weighted by Gasteiger charge is 2.32. The summed E-state index contributed by atoms with van der Waals surface area (Å²) in [5.74, 6) is 0.667. The lowest BCUT2D eigenvalue weighted by Gasteiger charge is -2.21. The molecular weight excluding hydrogens is 450 g/mol.